The van der Waals surface area contributed by atoms with Crippen molar-refractivity contribution < 1.29 is 14.2 Å². The zero-order chi connectivity index (χ0) is 20.6. The van der Waals surface area contributed by atoms with Crippen LogP contribution in [0, 0.1) is 11.8 Å². The van der Waals surface area contributed by atoms with E-state index in [1.807, 2.05) is 0 Å². The molecule has 4 heterocycles. The molecule has 2 saturated carbocycles. The van der Waals surface area contributed by atoms with E-state index >= 15 is 0 Å². The van der Waals surface area contributed by atoms with Crippen molar-refractivity contribution in [2.45, 2.75) is 107 Å². The maximum Gasteiger partial charge on any atom is 0.0756 e. The van der Waals surface area contributed by atoms with Gasteiger partial charge >= 0.3 is 0 Å². The highest BCUT2D eigenvalue weighted by atomic mass is 16.5. The van der Waals surface area contributed by atoms with Crippen LogP contribution in [0.25, 0.3) is 0 Å². The fourth-order valence-electron chi connectivity index (χ4n) is 7.43. The first-order valence-corrected chi connectivity index (χ1v) is 12.9. The van der Waals surface area contributed by atoms with Gasteiger partial charge in [0.05, 0.1) is 49.2 Å². The number of fused-ring (bicyclic) bond motifs is 5. The van der Waals surface area contributed by atoms with Gasteiger partial charge in [0.2, 0.25) is 0 Å². The maximum absolute atomic E-state index is 7.00. The van der Waals surface area contributed by atoms with E-state index in [2.05, 4.69) is 24.1 Å². The lowest BCUT2D eigenvalue weighted by Crippen LogP contribution is -2.71. The van der Waals surface area contributed by atoms with Crippen molar-refractivity contribution in [3.8, 4) is 0 Å². The summed E-state index contributed by atoms with van der Waals surface area (Å²) in [5.41, 5.74) is -0.0873. The molecule has 2 aliphatic carbocycles. The van der Waals surface area contributed by atoms with Crippen LogP contribution in [0.2, 0.25) is 0 Å². The fourth-order valence-corrected chi connectivity index (χ4v) is 7.43. The monoisotopic (exact) mass is 420 g/mol. The first kappa shape index (κ1) is 21.6. The molecule has 0 aromatic carbocycles. The summed E-state index contributed by atoms with van der Waals surface area (Å²) in [6.45, 7) is 10.2. The summed E-state index contributed by atoms with van der Waals surface area (Å²) in [4.78, 5) is 2.69. The third kappa shape index (κ3) is 4.47. The van der Waals surface area contributed by atoms with Crippen LogP contribution in [0.4, 0.5) is 0 Å². The Hall–Kier alpha value is -0.200. The Morgan fingerprint density at radius 3 is 2.60 bits per heavy atom. The molecule has 4 atom stereocenters. The lowest BCUT2D eigenvalue weighted by molar-refractivity contribution is -0.144. The van der Waals surface area contributed by atoms with Crippen molar-refractivity contribution in [1.82, 2.24) is 10.2 Å². The van der Waals surface area contributed by atoms with Gasteiger partial charge in [0.25, 0.3) is 0 Å². The van der Waals surface area contributed by atoms with Gasteiger partial charge < -0.3 is 19.5 Å². The minimum atomic E-state index is -0.126. The predicted molar refractivity (Wildman–Crippen MR) is 119 cm³/mol. The molecule has 172 valence electrons. The van der Waals surface area contributed by atoms with Gasteiger partial charge in [0.1, 0.15) is 0 Å². The second kappa shape index (κ2) is 8.97. The summed E-state index contributed by atoms with van der Waals surface area (Å²) in [7, 11) is 0. The summed E-state index contributed by atoms with van der Waals surface area (Å²) in [5.74, 6) is 1.60. The van der Waals surface area contributed by atoms with E-state index in [4.69, 9.17) is 14.2 Å². The highest BCUT2D eigenvalue weighted by Crippen LogP contribution is 2.42. The number of hydrogen-bond acceptors (Lipinski definition) is 5. The van der Waals surface area contributed by atoms with E-state index in [-0.39, 0.29) is 11.1 Å². The zero-order valence-electron chi connectivity index (χ0n) is 19.4. The minimum Gasteiger partial charge on any atom is -0.378 e. The van der Waals surface area contributed by atoms with Crippen molar-refractivity contribution in [3.05, 3.63) is 0 Å². The second-order valence-electron chi connectivity index (χ2n) is 11.5. The third-order valence-electron chi connectivity index (χ3n) is 8.85. The van der Waals surface area contributed by atoms with Crippen molar-refractivity contribution in [2.24, 2.45) is 11.8 Å². The van der Waals surface area contributed by atoms with Crippen LogP contribution in [-0.4, -0.2) is 73.7 Å². The topological polar surface area (TPSA) is 43.0 Å². The van der Waals surface area contributed by atoms with Gasteiger partial charge in [-0.15, -0.1) is 0 Å². The van der Waals surface area contributed by atoms with Gasteiger partial charge in [-0.3, -0.25) is 4.90 Å². The molecule has 0 amide bonds. The molecule has 5 nitrogen and oxygen atoms in total. The van der Waals surface area contributed by atoms with Gasteiger partial charge in [-0.25, -0.2) is 0 Å². The highest BCUT2D eigenvalue weighted by Gasteiger charge is 2.48. The molecule has 2 bridgehead atoms. The normalized spacial score (nSPS) is 45.6. The molecule has 4 aliphatic heterocycles. The lowest BCUT2D eigenvalue weighted by atomic mass is 9.71. The fraction of sp³-hybridized carbons (Fsp3) is 1.00. The van der Waals surface area contributed by atoms with E-state index in [0.29, 0.717) is 18.2 Å². The Labute approximate surface area is 183 Å². The smallest absolute Gasteiger partial charge is 0.0756 e. The molecule has 4 saturated heterocycles. The van der Waals surface area contributed by atoms with Crippen molar-refractivity contribution in [3.63, 3.8) is 0 Å². The van der Waals surface area contributed by atoms with Crippen LogP contribution in [-0.2, 0) is 14.2 Å². The van der Waals surface area contributed by atoms with Crippen LogP contribution in [0.5, 0.6) is 0 Å². The number of rotatable bonds is 0. The Balaban J connectivity index is 1.42. The number of hydrogen-bond donors (Lipinski definition) is 1. The first-order chi connectivity index (χ1) is 14.5. The van der Waals surface area contributed by atoms with Crippen LogP contribution >= 0.6 is 0 Å². The third-order valence-corrected chi connectivity index (χ3v) is 8.85. The summed E-state index contributed by atoms with van der Waals surface area (Å²) in [6, 6.07) is 0.370. The Morgan fingerprint density at radius 2 is 1.80 bits per heavy atom. The highest BCUT2D eigenvalue weighted by molar-refractivity contribution is 5.05. The number of piperidine rings is 1. The Kier molecular flexibility index (Phi) is 6.47. The van der Waals surface area contributed by atoms with E-state index < -0.39 is 0 Å². The molecule has 0 aromatic rings. The molecule has 0 radical (unpaired) electrons. The van der Waals surface area contributed by atoms with Gasteiger partial charge in [0, 0.05) is 13.1 Å². The zero-order valence-corrected chi connectivity index (χ0v) is 19.4. The van der Waals surface area contributed by atoms with Crippen LogP contribution in [0.1, 0.15) is 78.1 Å². The van der Waals surface area contributed by atoms with E-state index in [0.717, 1.165) is 51.3 Å². The molecular formula is C25H44N2O3. The van der Waals surface area contributed by atoms with Crippen LogP contribution < -0.4 is 5.32 Å². The summed E-state index contributed by atoms with van der Waals surface area (Å²) in [6.07, 6.45) is 13.8. The number of nitrogens with zero attached hydrogens (tertiary/aromatic N) is 1. The summed E-state index contributed by atoms with van der Waals surface area (Å²) in [5, 5.41) is 3.89. The predicted octanol–water partition coefficient (Wildman–Crippen LogP) is 3.75. The Bertz CT molecular complexity index is 563. The van der Waals surface area contributed by atoms with Gasteiger partial charge in [-0.1, -0.05) is 12.8 Å². The molecule has 30 heavy (non-hydrogen) atoms. The molecule has 2 unspecified atom stereocenters. The summed E-state index contributed by atoms with van der Waals surface area (Å²) < 4.78 is 19.7. The Morgan fingerprint density at radius 1 is 0.967 bits per heavy atom. The lowest BCUT2D eigenvalue weighted by Gasteiger charge is -2.53. The molecule has 0 aromatic heterocycles. The molecule has 1 N–H and O–H groups in total. The van der Waals surface area contributed by atoms with Gasteiger partial charge in [-0.05, 0) is 83.6 Å². The SMILES string of the molecule is CC1(C)CN2CCC[C@@]3(COCCN3)[C@@H]2COC2CCC(CC2)C2CCCCC2O1. The largest absolute Gasteiger partial charge is 0.378 e. The molecule has 6 aliphatic rings. The number of nitrogens with one attached hydrogen (secondary N) is 1. The quantitative estimate of drug-likeness (QED) is 0.646. The van der Waals surface area contributed by atoms with Crippen LogP contribution in [0.3, 0.4) is 0 Å². The average molecular weight is 421 g/mol. The van der Waals surface area contributed by atoms with E-state index in [1.165, 1.54) is 64.2 Å². The standard InChI is InChI=1S/C25H44N2O3/c1-24(2)17-27-14-5-12-25(18-28-15-13-26-25)23(27)16-29-20-10-8-19(9-11-20)21-6-3-4-7-22(21)30-24/h19-23,26H,3-18H2,1-2H3/t19?,20?,21?,22?,23-,25+/m0/s1. The molecule has 5 heteroatoms. The molecule has 6 rings (SSSR count). The number of morpholine rings is 1. The molecule has 6 fully saturated rings. The van der Waals surface area contributed by atoms with Gasteiger partial charge in [0.15, 0.2) is 0 Å². The van der Waals surface area contributed by atoms with E-state index in [9.17, 15) is 0 Å². The molecule has 1 spiro atoms. The first-order valence-electron chi connectivity index (χ1n) is 12.9. The summed E-state index contributed by atoms with van der Waals surface area (Å²) >= 11 is 0. The van der Waals surface area contributed by atoms with Crippen LogP contribution in [0.15, 0.2) is 0 Å². The minimum absolute atomic E-state index is 0.0390. The van der Waals surface area contributed by atoms with Crippen molar-refractivity contribution in [2.75, 3.05) is 39.5 Å². The van der Waals surface area contributed by atoms with Gasteiger partial charge in [-0.2, -0.15) is 0 Å². The number of ether oxygens (including phenoxy) is 3. The second-order valence-corrected chi connectivity index (χ2v) is 11.5. The van der Waals surface area contributed by atoms with Crippen molar-refractivity contribution in [1.29, 1.82) is 0 Å². The maximum atomic E-state index is 7.00. The van der Waals surface area contributed by atoms with Crippen molar-refractivity contribution >= 4 is 0 Å². The molecular weight excluding hydrogens is 376 g/mol. The average Bonchev–Trinajstić information content (AvgIpc) is 2.75. The van der Waals surface area contributed by atoms with E-state index in [1.54, 1.807) is 0 Å².